The molecule has 1 aromatic carbocycles. The molecule has 0 amide bonds. The first kappa shape index (κ1) is 12.1. The average Bonchev–Trinajstić information content (AvgIpc) is 2.22. The Kier molecular flexibility index (Phi) is 3.51. The number of rotatable bonds is 3. The minimum Gasteiger partial charge on any atom is -0.478 e. The van der Waals surface area contributed by atoms with Gasteiger partial charge in [0.1, 0.15) is 11.8 Å². The monoisotopic (exact) mass is 219 g/mol. The summed E-state index contributed by atoms with van der Waals surface area (Å²) in [6.07, 6.45) is -0.548. The molecular weight excluding hydrogens is 206 g/mol. The van der Waals surface area contributed by atoms with Crippen LogP contribution in [-0.2, 0) is 0 Å². The number of hydrogen-bond acceptors (Lipinski definition) is 3. The van der Waals surface area contributed by atoms with Crippen molar-refractivity contribution < 1.29 is 14.6 Å². The fraction of sp³-hybridized carbons (Fsp3) is 0.333. The van der Waals surface area contributed by atoms with Gasteiger partial charge in [-0.15, -0.1) is 0 Å². The molecule has 0 bridgehead atoms. The number of benzene rings is 1. The van der Waals surface area contributed by atoms with E-state index in [-0.39, 0.29) is 5.56 Å². The van der Waals surface area contributed by atoms with E-state index in [2.05, 4.69) is 0 Å². The summed E-state index contributed by atoms with van der Waals surface area (Å²) in [5.41, 5.74) is 1.67. The molecule has 1 unspecified atom stereocenters. The number of hydrogen-bond donors (Lipinski definition) is 1. The number of aryl methyl sites for hydroxylation is 2. The lowest BCUT2D eigenvalue weighted by molar-refractivity contribution is 0.0696. The normalized spacial score (nSPS) is 11.6. The Hall–Kier alpha value is -2.02. The van der Waals surface area contributed by atoms with Crippen molar-refractivity contribution in [2.75, 3.05) is 0 Å². The first-order valence-corrected chi connectivity index (χ1v) is 4.86. The van der Waals surface area contributed by atoms with Gasteiger partial charge in [-0.25, -0.2) is 4.79 Å². The van der Waals surface area contributed by atoms with Gasteiger partial charge in [-0.3, -0.25) is 0 Å². The summed E-state index contributed by atoms with van der Waals surface area (Å²) in [4.78, 5) is 10.8. The molecule has 0 fully saturated rings. The van der Waals surface area contributed by atoms with Crippen molar-refractivity contribution in [3.05, 3.63) is 28.8 Å². The minimum absolute atomic E-state index is 0.229. The van der Waals surface area contributed by atoms with Crippen LogP contribution >= 0.6 is 0 Å². The maximum atomic E-state index is 10.8. The Morgan fingerprint density at radius 1 is 1.44 bits per heavy atom. The molecule has 0 radical (unpaired) electrons. The van der Waals surface area contributed by atoms with Crippen LogP contribution in [0.2, 0.25) is 0 Å². The predicted octanol–water partition coefficient (Wildman–Crippen LogP) is 2.29. The van der Waals surface area contributed by atoms with Gasteiger partial charge in [0.25, 0.3) is 0 Å². The summed E-state index contributed by atoms with van der Waals surface area (Å²) >= 11 is 0. The van der Waals surface area contributed by atoms with Crippen molar-refractivity contribution in [2.24, 2.45) is 0 Å². The molecule has 0 spiro atoms. The summed E-state index contributed by atoms with van der Waals surface area (Å²) in [5, 5.41) is 17.5. The highest BCUT2D eigenvalue weighted by atomic mass is 16.5. The summed E-state index contributed by atoms with van der Waals surface area (Å²) in [7, 11) is 0. The minimum atomic E-state index is -0.967. The van der Waals surface area contributed by atoms with Crippen LogP contribution in [0.5, 0.6) is 5.75 Å². The molecule has 4 heteroatoms. The Balaban J connectivity index is 3.13. The second kappa shape index (κ2) is 4.67. The van der Waals surface area contributed by atoms with Crippen molar-refractivity contribution in [3.63, 3.8) is 0 Å². The van der Waals surface area contributed by atoms with Crippen LogP contribution in [0.15, 0.2) is 12.1 Å². The zero-order chi connectivity index (χ0) is 12.3. The van der Waals surface area contributed by atoms with Gasteiger partial charge < -0.3 is 9.84 Å². The number of carboxylic acids is 1. The maximum Gasteiger partial charge on any atom is 0.335 e. The smallest absolute Gasteiger partial charge is 0.335 e. The summed E-state index contributed by atoms with van der Waals surface area (Å²) in [6, 6.07) is 5.04. The number of carbonyl (C=O) groups is 1. The van der Waals surface area contributed by atoms with Gasteiger partial charge in [0.05, 0.1) is 5.56 Å². The fourth-order valence-electron chi connectivity index (χ4n) is 1.46. The molecule has 1 N–H and O–H groups in total. The maximum absolute atomic E-state index is 10.8. The van der Waals surface area contributed by atoms with E-state index < -0.39 is 12.1 Å². The molecule has 0 aromatic heterocycles. The van der Waals surface area contributed by atoms with Crippen LogP contribution in [0.25, 0.3) is 0 Å². The number of nitrogens with zero attached hydrogens (tertiary/aromatic N) is 1. The predicted molar refractivity (Wildman–Crippen MR) is 58.6 cm³/mol. The molecule has 0 aliphatic heterocycles. The highest BCUT2D eigenvalue weighted by Gasteiger charge is 2.12. The van der Waals surface area contributed by atoms with Crippen molar-refractivity contribution in [2.45, 2.75) is 26.9 Å². The molecule has 0 saturated heterocycles. The van der Waals surface area contributed by atoms with E-state index in [1.165, 1.54) is 12.1 Å². The third-order valence-corrected chi connectivity index (χ3v) is 2.18. The molecule has 0 saturated carbocycles. The second-order valence-corrected chi connectivity index (χ2v) is 3.63. The second-order valence-electron chi connectivity index (χ2n) is 3.63. The molecule has 4 nitrogen and oxygen atoms in total. The average molecular weight is 219 g/mol. The van der Waals surface area contributed by atoms with Crippen LogP contribution in [-0.4, -0.2) is 17.2 Å². The summed E-state index contributed by atoms with van der Waals surface area (Å²) in [5.74, 6) is -0.384. The highest BCUT2D eigenvalue weighted by molar-refractivity contribution is 5.88. The number of aromatic carboxylic acids is 1. The topological polar surface area (TPSA) is 70.3 Å². The third-order valence-electron chi connectivity index (χ3n) is 2.18. The van der Waals surface area contributed by atoms with E-state index >= 15 is 0 Å². The standard InChI is InChI=1S/C12H13NO3/c1-7-4-10(12(14)15)5-8(2)11(7)16-9(3)6-13/h4-5,9H,1-3H3,(H,14,15). The molecule has 0 aliphatic rings. The summed E-state index contributed by atoms with van der Waals surface area (Å²) < 4.78 is 5.41. The molecule has 0 heterocycles. The van der Waals surface area contributed by atoms with Crippen LogP contribution < -0.4 is 4.74 Å². The van der Waals surface area contributed by atoms with E-state index in [1.807, 2.05) is 6.07 Å². The van der Waals surface area contributed by atoms with Gasteiger partial charge in [0.2, 0.25) is 0 Å². The lowest BCUT2D eigenvalue weighted by Crippen LogP contribution is -2.11. The number of carboxylic acid groups (broad SMARTS) is 1. The van der Waals surface area contributed by atoms with E-state index in [0.29, 0.717) is 5.75 Å². The highest BCUT2D eigenvalue weighted by Crippen LogP contribution is 2.25. The van der Waals surface area contributed by atoms with Crippen LogP contribution in [0.1, 0.15) is 28.4 Å². The zero-order valence-corrected chi connectivity index (χ0v) is 9.44. The van der Waals surface area contributed by atoms with Crippen molar-refractivity contribution in [3.8, 4) is 11.8 Å². The van der Waals surface area contributed by atoms with Gasteiger partial charge >= 0.3 is 5.97 Å². The van der Waals surface area contributed by atoms with E-state index in [1.54, 1.807) is 20.8 Å². The third kappa shape index (κ3) is 2.51. The Bertz CT molecular complexity index is 437. The quantitative estimate of drug-likeness (QED) is 0.846. The Labute approximate surface area is 94.1 Å². The Morgan fingerprint density at radius 2 is 1.94 bits per heavy atom. The fourth-order valence-corrected chi connectivity index (χ4v) is 1.46. The van der Waals surface area contributed by atoms with Crippen LogP contribution in [0.4, 0.5) is 0 Å². The molecular formula is C12H13NO3. The van der Waals surface area contributed by atoms with Gasteiger partial charge in [-0.1, -0.05) is 0 Å². The summed E-state index contributed by atoms with van der Waals surface area (Å²) in [6.45, 7) is 5.17. The zero-order valence-electron chi connectivity index (χ0n) is 9.44. The Morgan fingerprint density at radius 3 is 2.31 bits per heavy atom. The molecule has 84 valence electrons. The molecule has 0 aliphatic carbocycles. The molecule has 1 atom stereocenters. The first-order valence-electron chi connectivity index (χ1n) is 4.86. The largest absolute Gasteiger partial charge is 0.478 e. The lowest BCUT2D eigenvalue weighted by atomic mass is 10.1. The van der Waals surface area contributed by atoms with Crippen molar-refractivity contribution >= 4 is 5.97 Å². The van der Waals surface area contributed by atoms with Crippen molar-refractivity contribution in [1.82, 2.24) is 0 Å². The first-order chi connectivity index (χ1) is 7.45. The van der Waals surface area contributed by atoms with Gasteiger partial charge in [0, 0.05) is 0 Å². The van der Waals surface area contributed by atoms with Gasteiger partial charge in [0.15, 0.2) is 6.10 Å². The lowest BCUT2D eigenvalue weighted by Gasteiger charge is -2.14. The van der Waals surface area contributed by atoms with Gasteiger partial charge in [-0.05, 0) is 44.0 Å². The van der Waals surface area contributed by atoms with E-state index in [0.717, 1.165) is 11.1 Å². The SMILES string of the molecule is Cc1cc(C(=O)O)cc(C)c1OC(C)C#N. The van der Waals surface area contributed by atoms with E-state index in [4.69, 9.17) is 15.1 Å². The van der Waals surface area contributed by atoms with Crippen LogP contribution in [0, 0.1) is 25.2 Å². The number of ether oxygens (including phenoxy) is 1. The van der Waals surface area contributed by atoms with Crippen molar-refractivity contribution in [1.29, 1.82) is 5.26 Å². The molecule has 1 rings (SSSR count). The molecule has 1 aromatic rings. The van der Waals surface area contributed by atoms with Gasteiger partial charge in [-0.2, -0.15) is 5.26 Å². The number of nitriles is 1. The van der Waals surface area contributed by atoms with E-state index in [9.17, 15) is 4.79 Å². The molecule has 16 heavy (non-hydrogen) atoms. The van der Waals surface area contributed by atoms with Crippen LogP contribution in [0.3, 0.4) is 0 Å².